The summed E-state index contributed by atoms with van der Waals surface area (Å²) in [6, 6.07) is 6.81. The Morgan fingerprint density at radius 3 is 2.57 bits per heavy atom. The fourth-order valence-corrected chi connectivity index (χ4v) is 2.02. The summed E-state index contributed by atoms with van der Waals surface area (Å²) in [5, 5.41) is 3.19. The van der Waals surface area contributed by atoms with E-state index in [2.05, 4.69) is 5.32 Å². The summed E-state index contributed by atoms with van der Waals surface area (Å²) in [5.41, 5.74) is 6.29. The number of hydrogen-bond acceptors (Lipinski definition) is 2. The van der Waals surface area contributed by atoms with Crippen LogP contribution in [0.5, 0.6) is 0 Å². The number of carbonyl (C=O) groups is 1. The maximum atomic E-state index is 13.7. The molecule has 0 aliphatic carbocycles. The molecule has 0 unspecified atom stereocenters. The van der Waals surface area contributed by atoms with E-state index in [0.29, 0.717) is 21.8 Å². The number of hydrogen-bond donors (Lipinski definition) is 2. The van der Waals surface area contributed by atoms with E-state index in [1.165, 1.54) is 18.2 Å². The third kappa shape index (κ3) is 3.49. The number of anilines is 1. The number of nitrogens with two attached hydrogens (primary N) is 1. The molecule has 2 aromatic carbocycles. The molecule has 0 aliphatic rings. The van der Waals surface area contributed by atoms with Crippen molar-refractivity contribution in [3.05, 3.63) is 63.7 Å². The van der Waals surface area contributed by atoms with E-state index in [1.807, 2.05) is 0 Å². The number of carbonyl (C=O) groups excluding carboxylic acids is 1. The molecule has 0 bridgehead atoms. The molecule has 3 N–H and O–H groups in total. The van der Waals surface area contributed by atoms with Crippen molar-refractivity contribution in [3.63, 3.8) is 0 Å². The molecule has 0 atom stereocenters. The van der Waals surface area contributed by atoms with Crippen molar-refractivity contribution in [2.45, 2.75) is 13.5 Å². The lowest BCUT2D eigenvalue weighted by molar-refractivity contribution is 0.1000. The van der Waals surface area contributed by atoms with Crippen molar-refractivity contribution in [3.8, 4) is 0 Å². The van der Waals surface area contributed by atoms with Gasteiger partial charge in [0.05, 0.1) is 0 Å². The quantitative estimate of drug-likeness (QED) is 0.906. The Balaban J connectivity index is 2.25. The predicted octanol–water partition coefficient (Wildman–Crippen LogP) is 3.64. The lowest BCUT2D eigenvalue weighted by atomic mass is 10.1. The molecule has 2 aromatic rings. The lowest BCUT2D eigenvalue weighted by Crippen LogP contribution is -2.13. The third-order valence-electron chi connectivity index (χ3n) is 3.11. The van der Waals surface area contributed by atoms with Gasteiger partial charge in [-0.3, -0.25) is 4.79 Å². The summed E-state index contributed by atoms with van der Waals surface area (Å²) in [6.45, 7) is 1.69. The summed E-state index contributed by atoms with van der Waals surface area (Å²) in [4.78, 5) is 11.1. The molecule has 0 saturated carbocycles. The summed E-state index contributed by atoms with van der Waals surface area (Å²) in [5.74, 6) is -1.74. The van der Waals surface area contributed by atoms with Crippen LogP contribution in [-0.2, 0) is 6.54 Å². The second-order valence-corrected chi connectivity index (χ2v) is 5.02. The Morgan fingerprint density at radius 1 is 1.24 bits per heavy atom. The summed E-state index contributed by atoms with van der Waals surface area (Å²) in [6.07, 6.45) is 0. The topological polar surface area (TPSA) is 55.1 Å². The highest BCUT2D eigenvalue weighted by atomic mass is 35.5. The smallest absolute Gasteiger partial charge is 0.248 e. The van der Waals surface area contributed by atoms with Crippen LogP contribution in [0.4, 0.5) is 14.5 Å². The molecule has 3 nitrogen and oxygen atoms in total. The van der Waals surface area contributed by atoms with Crippen LogP contribution in [0.3, 0.4) is 0 Å². The molecule has 1 amide bonds. The third-order valence-corrected chi connectivity index (χ3v) is 3.35. The average molecular weight is 311 g/mol. The Bertz CT molecular complexity index is 704. The highest BCUT2D eigenvalue weighted by Gasteiger charge is 2.11. The van der Waals surface area contributed by atoms with Gasteiger partial charge in [0.1, 0.15) is 11.6 Å². The fraction of sp³-hybridized carbons (Fsp3) is 0.133. The van der Waals surface area contributed by atoms with Crippen molar-refractivity contribution in [2.24, 2.45) is 5.73 Å². The molecule has 6 heteroatoms. The first-order valence-electron chi connectivity index (χ1n) is 6.16. The Hall–Kier alpha value is -2.14. The first-order chi connectivity index (χ1) is 9.88. The van der Waals surface area contributed by atoms with Crippen LogP contribution >= 0.6 is 11.6 Å². The van der Waals surface area contributed by atoms with Crippen LogP contribution in [0.25, 0.3) is 0 Å². The van der Waals surface area contributed by atoms with Crippen molar-refractivity contribution < 1.29 is 13.6 Å². The minimum atomic E-state index is -0.727. The van der Waals surface area contributed by atoms with E-state index in [-0.39, 0.29) is 12.1 Å². The number of primary amides is 1. The van der Waals surface area contributed by atoms with E-state index in [0.717, 1.165) is 6.07 Å². The molecule has 0 aliphatic heterocycles. The molecule has 0 saturated heterocycles. The Morgan fingerprint density at radius 2 is 1.95 bits per heavy atom. The molecular weight excluding hydrogens is 298 g/mol. The van der Waals surface area contributed by atoms with Gasteiger partial charge in [-0.15, -0.1) is 0 Å². The van der Waals surface area contributed by atoms with Gasteiger partial charge in [-0.25, -0.2) is 8.78 Å². The van der Waals surface area contributed by atoms with Gasteiger partial charge in [0.15, 0.2) is 0 Å². The summed E-state index contributed by atoms with van der Waals surface area (Å²) in [7, 11) is 0. The second-order valence-electron chi connectivity index (χ2n) is 4.58. The molecule has 21 heavy (non-hydrogen) atoms. The van der Waals surface area contributed by atoms with Crippen molar-refractivity contribution in [1.82, 2.24) is 0 Å². The van der Waals surface area contributed by atoms with Gasteiger partial charge in [0.25, 0.3) is 0 Å². The van der Waals surface area contributed by atoms with Gasteiger partial charge < -0.3 is 11.1 Å². The van der Waals surface area contributed by atoms with E-state index in [1.54, 1.807) is 13.0 Å². The molecule has 0 radical (unpaired) electrons. The minimum Gasteiger partial charge on any atom is -0.381 e. The molecule has 2 rings (SSSR count). The predicted molar refractivity (Wildman–Crippen MR) is 78.4 cm³/mol. The zero-order chi connectivity index (χ0) is 15.6. The number of benzene rings is 2. The Kier molecular flexibility index (Phi) is 4.43. The Labute approximate surface area is 125 Å². The van der Waals surface area contributed by atoms with Crippen LogP contribution in [0.15, 0.2) is 30.3 Å². The van der Waals surface area contributed by atoms with E-state index in [4.69, 9.17) is 17.3 Å². The molecule has 110 valence electrons. The summed E-state index contributed by atoms with van der Waals surface area (Å²) < 4.78 is 27.4. The molecule has 0 spiro atoms. The zero-order valence-electron chi connectivity index (χ0n) is 11.2. The molecule has 0 heterocycles. The first kappa shape index (κ1) is 15.3. The van der Waals surface area contributed by atoms with Crippen molar-refractivity contribution in [2.75, 3.05) is 5.32 Å². The maximum absolute atomic E-state index is 13.7. The fourth-order valence-electron chi connectivity index (χ4n) is 1.86. The van der Waals surface area contributed by atoms with Gasteiger partial charge >= 0.3 is 0 Å². The van der Waals surface area contributed by atoms with Crippen molar-refractivity contribution in [1.29, 1.82) is 0 Å². The number of amides is 1. The van der Waals surface area contributed by atoms with Crippen LogP contribution in [0.1, 0.15) is 21.5 Å². The van der Waals surface area contributed by atoms with Crippen LogP contribution in [0.2, 0.25) is 5.02 Å². The summed E-state index contributed by atoms with van der Waals surface area (Å²) >= 11 is 5.67. The maximum Gasteiger partial charge on any atom is 0.248 e. The monoisotopic (exact) mass is 310 g/mol. The van der Waals surface area contributed by atoms with Gasteiger partial charge in [0, 0.05) is 33.9 Å². The van der Waals surface area contributed by atoms with E-state index < -0.39 is 17.5 Å². The van der Waals surface area contributed by atoms with Crippen LogP contribution in [0, 0.1) is 18.6 Å². The van der Waals surface area contributed by atoms with Crippen LogP contribution < -0.4 is 11.1 Å². The molecular formula is C15H13ClF2N2O. The SMILES string of the molecule is Cc1c(F)cc(C(N)=O)cc1NCc1ccc(Cl)cc1F. The second kappa shape index (κ2) is 6.10. The van der Waals surface area contributed by atoms with E-state index >= 15 is 0 Å². The zero-order valence-corrected chi connectivity index (χ0v) is 12.0. The lowest BCUT2D eigenvalue weighted by Gasteiger charge is -2.12. The number of halogens is 3. The van der Waals surface area contributed by atoms with E-state index in [9.17, 15) is 13.6 Å². The van der Waals surface area contributed by atoms with Gasteiger partial charge in [-0.2, -0.15) is 0 Å². The first-order valence-corrected chi connectivity index (χ1v) is 6.54. The molecule has 0 aromatic heterocycles. The number of nitrogens with one attached hydrogen (secondary N) is 1. The average Bonchev–Trinajstić information content (AvgIpc) is 2.41. The highest BCUT2D eigenvalue weighted by Crippen LogP contribution is 2.22. The van der Waals surface area contributed by atoms with Gasteiger partial charge in [0.2, 0.25) is 5.91 Å². The van der Waals surface area contributed by atoms with Crippen LogP contribution in [-0.4, -0.2) is 5.91 Å². The van der Waals surface area contributed by atoms with Gasteiger partial charge in [-0.05, 0) is 31.2 Å². The van der Waals surface area contributed by atoms with Crippen molar-refractivity contribution >= 4 is 23.2 Å². The highest BCUT2D eigenvalue weighted by molar-refractivity contribution is 6.30. The largest absolute Gasteiger partial charge is 0.381 e. The normalized spacial score (nSPS) is 10.5. The minimum absolute atomic E-state index is 0.0529. The standard InChI is InChI=1S/C15H13ClF2N2O/c1-8-12(17)4-10(15(19)21)5-14(8)20-7-9-2-3-11(16)6-13(9)18/h2-6,20H,7H2,1H3,(H2,19,21). The van der Waals surface area contributed by atoms with Gasteiger partial charge in [-0.1, -0.05) is 17.7 Å². The number of rotatable bonds is 4. The molecule has 0 fully saturated rings.